The molecule has 1 N–H and O–H groups in total. The maximum atomic E-state index is 11.5. The molecule has 2 aromatic rings. The number of hydrogen-bond donors (Lipinski definition) is 1. The van der Waals surface area contributed by atoms with Crippen LogP contribution >= 0.6 is 11.8 Å². The topological polar surface area (TPSA) is 64.3 Å². The Balaban J connectivity index is 1.65. The highest BCUT2D eigenvalue weighted by atomic mass is 32.2. The van der Waals surface area contributed by atoms with Gasteiger partial charge in [0.2, 0.25) is 0 Å². The Morgan fingerprint density at radius 2 is 2.00 bits per heavy atom. The van der Waals surface area contributed by atoms with Crippen LogP contribution in [0.25, 0.3) is 0 Å². The number of benzene rings is 1. The van der Waals surface area contributed by atoms with Crippen LogP contribution in [0.5, 0.6) is 0 Å². The molecule has 3 rings (SSSR count). The number of imidazole rings is 1. The molecule has 0 unspecified atom stereocenters. The van der Waals surface area contributed by atoms with E-state index in [4.69, 9.17) is 4.74 Å². The molecule has 0 atom stereocenters. The number of ether oxygens (including phenoxy) is 1. The first-order valence-electron chi connectivity index (χ1n) is 9.16. The summed E-state index contributed by atoms with van der Waals surface area (Å²) in [6, 6.07) is 7.46. The fraction of sp³-hybridized carbons (Fsp3) is 0.500. The van der Waals surface area contributed by atoms with Gasteiger partial charge >= 0.3 is 5.97 Å². The first kappa shape index (κ1) is 19.0. The molecule has 0 aliphatic heterocycles. The first-order valence-corrected chi connectivity index (χ1v) is 10.1. The van der Waals surface area contributed by atoms with E-state index >= 15 is 0 Å². The van der Waals surface area contributed by atoms with E-state index in [1.165, 1.54) is 39.2 Å². The molecule has 1 saturated carbocycles. The van der Waals surface area contributed by atoms with E-state index in [-0.39, 0.29) is 12.6 Å². The second kappa shape index (κ2) is 9.24. The minimum Gasteiger partial charge on any atom is -0.465 e. The average molecular weight is 375 g/mol. The Morgan fingerprint density at radius 3 is 2.65 bits per heavy atom. The minimum atomic E-state index is -0.320. The second-order valence-electron chi connectivity index (χ2n) is 6.78. The lowest BCUT2D eigenvalue weighted by Gasteiger charge is -2.23. The van der Waals surface area contributed by atoms with Crippen LogP contribution in [-0.2, 0) is 23.6 Å². The van der Waals surface area contributed by atoms with Crippen molar-refractivity contribution in [2.45, 2.75) is 56.2 Å². The van der Waals surface area contributed by atoms with E-state index in [0.29, 0.717) is 11.5 Å². The number of aliphatic hydroxyl groups excluding tert-OH is 1. The molecule has 6 heteroatoms. The number of carbonyl (C=O) groups excluding carboxylic acids is 1. The van der Waals surface area contributed by atoms with Gasteiger partial charge in [-0.3, -0.25) is 0 Å². The number of thioether (sulfide) groups is 1. The van der Waals surface area contributed by atoms with E-state index in [1.54, 1.807) is 30.1 Å². The standard InChI is InChI=1S/C20H26N2O3S/c1-25-19(24)17-9-7-16(8-10-17)14-26-20-21-11-18(13-23)22(20)12-15-5-3-2-4-6-15/h7-11,15,23H,2-6,12-14H2,1H3. The molecule has 1 aromatic heterocycles. The van der Waals surface area contributed by atoms with Crippen LogP contribution < -0.4 is 0 Å². The second-order valence-corrected chi connectivity index (χ2v) is 7.72. The number of rotatable bonds is 7. The van der Waals surface area contributed by atoms with Gasteiger partial charge in [-0.2, -0.15) is 0 Å². The molecule has 5 nitrogen and oxygen atoms in total. The Kier molecular flexibility index (Phi) is 6.74. The molecule has 26 heavy (non-hydrogen) atoms. The predicted molar refractivity (Wildman–Crippen MR) is 102 cm³/mol. The average Bonchev–Trinajstić information content (AvgIpc) is 3.08. The summed E-state index contributed by atoms with van der Waals surface area (Å²) in [7, 11) is 1.39. The largest absolute Gasteiger partial charge is 0.465 e. The third kappa shape index (κ3) is 4.68. The Hall–Kier alpha value is -1.79. The van der Waals surface area contributed by atoms with Gasteiger partial charge in [0.15, 0.2) is 5.16 Å². The normalized spacial score (nSPS) is 15.2. The molecule has 0 bridgehead atoms. The Labute approximate surface area is 158 Å². The van der Waals surface area contributed by atoms with Gasteiger partial charge < -0.3 is 14.4 Å². The molecular weight excluding hydrogens is 348 g/mol. The number of aromatic nitrogens is 2. The van der Waals surface area contributed by atoms with Gasteiger partial charge in [-0.05, 0) is 36.5 Å². The third-order valence-electron chi connectivity index (χ3n) is 4.97. The van der Waals surface area contributed by atoms with Gasteiger partial charge in [0.05, 0.1) is 31.2 Å². The number of esters is 1. The lowest BCUT2D eigenvalue weighted by molar-refractivity contribution is 0.0600. The monoisotopic (exact) mass is 374 g/mol. The SMILES string of the molecule is COC(=O)c1ccc(CSc2ncc(CO)n2CC2CCCCC2)cc1. The van der Waals surface area contributed by atoms with Crippen LogP contribution in [0.2, 0.25) is 0 Å². The van der Waals surface area contributed by atoms with E-state index in [0.717, 1.165) is 28.7 Å². The molecule has 1 aliphatic rings. The van der Waals surface area contributed by atoms with Crippen molar-refractivity contribution >= 4 is 17.7 Å². The van der Waals surface area contributed by atoms with E-state index in [2.05, 4.69) is 9.55 Å². The van der Waals surface area contributed by atoms with Crippen LogP contribution in [0.15, 0.2) is 35.6 Å². The van der Waals surface area contributed by atoms with Crippen molar-refractivity contribution in [2.75, 3.05) is 7.11 Å². The summed E-state index contributed by atoms with van der Waals surface area (Å²) in [5.74, 6) is 1.13. The van der Waals surface area contributed by atoms with Gasteiger partial charge in [-0.25, -0.2) is 9.78 Å². The molecule has 1 fully saturated rings. The molecule has 0 radical (unpaired) electrons. The molecule has 1 aromatic carbocycles. The van der Waals surface area contributed by atoms with Gasteiger partial charge in [0.1, 0.15) is 0 Å². The number of aliphatic hydroxyl groups is 1. The summed E-state index contributed by atoms with van der Waals surface area (Å²) in [6.07, 6.45) is 8.28. The van der Waals surface area contributed by atoms with Crippen LogP contribution in [0.3, 0.4) is 0 Å². The van der Waals surface area contributed by atoms with Crippen molar-refractivity contribution in [3.05, 3.63) is 47.3 Å². The highest BCUT2D eigenvalue weighted by Gasteiger charge is 2.18. The number of nitrogens with zero attached hydrogens (tertiary/aromatic N) is 2. The highest BCUT2D eigenvalue weighted by molar-refractivity contribution is 7.98. The fourth-order valence-electron chi connectivity index (χ4n) is 3.46. The molecule has 0 amide bonds. The van der Waals surface area contributed by atoms with Crippen molar-refractivity contribution in [2.24, 2.45) is 5.92 Å². The lowest BCUT2D eigenvalue weighted by Crippen LogP contribution is -2.16. The lowest BCUT2D eigenvalue weighted by atomic mass is 9.89. The molecule has 140 valence electrons. The van der Waals surface area contributed by atoms with E-state index in [9.17, 15) is 9.90 Å². The van der Waals surface area contributed by atoms with Crippen molar-refractivity contribution < 1.29 is 14.6 Å². The van der Waals surface area contributed by atoms with Crippen molar-refractivity contribution in [1.29, 1.82) is 0 Å². The quantitative estimate of drug-likeness (QED) is 0.585. The first-order chi connectivity index (χ1) is 12.7. The van der Waals surface area contributed by atoms with Gasteiger partial charge in [0.25, 0.3) is 0 Å². The molecule has 0 saturated heterocycles. The van der Waals surface area contributed by atoms with E-state index in [1.807, 2.05) is 12.1 Å². The number of methoxy groups -OCH3 is 1. The van der Waals surface area contributed by atoms with Gasteiger partial charge in [0, 0.05) is 12.3 Å². The summed E-state index contributed by atoms with van der Waals surface area (Å²) in [6.45, 7) is 0.966. The van der Waals surface area contributed by atoms with Crippen LogP contribution in [0.4, 0.5) is 0 Å². The van der Waals surface area contributed by atoms with Gasteiger partial charge in [-0.15, -0.1) is 0 Å². The maximum absolute atomic E-state index is 11.5. The Bertz CT molecular complexity index is 721. The zero-order chi connectivity index (χ0) is 18.4. The summed E-state index contributed by atoms with van der Waals surface area (Å²) >= 11 is 1.67. The van der Waals surface area contributed by atoms with Crippen molar-refractivity contribution in [3.63, 3.8) is 0 Å². The molecule has 1 heterocycles. The van der Waals surface area contributed by atoms with Gasteiger partial charge in [-0.1, -0.05) is 43.2 Å². The third-order valence-corrected chi connectivity index (χ3v) is 6.03. The minimum absolute atomic E-state index is 0.0219. The van der Waals surface area contributed by atoms with Crippen LogP contribution in [-0.4, -0.2) is 27.7 Å². The van der Waals surface area contributed by atoms with Crippen LogP contribution in [0, 0.1) is 5.92 Å². The van der Waals surface area contributed by atoms with Crippen LogP contribution in [0.1, 0.15) is 53.7 Å². The summed E-state index contributed by atoms with van der Waals surface area (Å²) < 4.78 is 6.91. The predicted octanol–water partition coefficient (Wildman–Crippen LogP) is 4.03. The Morgan fingerprint density at radius 1 is 1.27 bits per heavy atom. The summed E-state index contributed by atoms with van der Waals surface area (Å²) in [4.78, 5) is 16.0. The summed E-state index contributed by atoms with van der Waals surface area (Å²) in [5, 5.41) is 10.6. The van der Waals surface area contributed by atoms with E-state index < -0.39 is 0 Å². The smallest absolute Gasteiger partial charge is 0.337 e. The number of hydrogen-bond acceptors (Lipinski definition) is 5. The zero-order valence-corrected chi connectivity index (χ0v) is 16.0. The fourth-order valence-corrected chi connectivity index (χ4v) is 4.42. The molecular formula is C20H26N2O3S. The molecule has 0 spiro atoms. The van der Waals surface area contributed by atoms with Crippen molar-refractivity contribution in [3.8, 4) is 0 Å². The summed E-state index contributed by atoms with van der Waals surface area (Å²) in [5.41, 5.74) is 2.57. The number of carbonyl (C=O) groups is 1. The highest BCUT2D eigenvalue weighted by Crippen LogP contribution is 2.29. The maximum Gasteiger partial charge on any atom is 0.337 e. The van der Waals surface area contributed by atoms with Crippen molar-refractivity contribution in [1.82, 2.24) is 9.55 Å². The zero-order valence-electron chi connectivity index (χ0n) is 15.2. The molecule has 1 aliphatic carbocycles.